The van der Waals surface area contributed by atoms with Crippen LogP contribution in [0.15, 0.2) is 11.6 Å². The van der Waals surface area contributed by atoms with E-state index in [0.29, 0.717) is 0 Å². The number of carboxylic acid groups (broad SMARTS) is 1. The molecule has 0 aromatic carbocycles. The number of rotatable bonds is 3. The number of aliphatic carboxylic acids is 1. The lowest BCUT2D eigenvalue weighted by Crippen LogP contribution is -2.20. The Hall–Kier alpha value is -0.830. The van der Waals surface area contributed by atoms with Gasteiger partial charge in [-0.25, -0.2) is 0 Å². The Morgan fingerprint density at radius 3 is 2.80 bits per heavy atom. The lowest BCUT2D eigenvalue weighted by atomic mass is 10.2. The van der Waals surface area contributed by atoms with Gasteiger partial charge in [-0.15, -0.1) is 0 Å². The molecule has 56 valence electrons. The van der Waals surface area contributed by atoms with Gasteiger partial charge in [0.05, 0.1) is 6.42 Å². The van der Waals surface area contributed by atoms with Crippen LogP contribution in [0.5, 0.6) is 0 Å². The van der Waals surface area contributed by atoms with E-state index in [2.05, 4.69) is 0 Å². The van der Waals surface area contributed by atoms with Gasteiger partial charge in [0.15, 0.2) is 0 Å². The molecule has 0 radical (unpaired) electrons. The van der Waals surface area contributed by atoms with Gasteiger partial charge in [-0.1, -0.05) is 11.6 Å². The van der Waals surface area contributed by atoms with E-state index >= 15 is 0 Å². The molecule has 3 heteroatoms. The van der Waals surface area contributed by atoms with E-state index < -0.39 is 5.97 Å². The number of hydrogen-bond acceptors (Lipinski definition) is 2. The van der Waals surface area contributed by atoms with Crippen molar-refractivity contribution in [3.63, 3.8) is 0 Å². The van der Waals surface area contributed by atoms with Crippen LogP contribution < -0.4 is 5.73 Å². The molecular formula is C7H11NO2. The highest BCUT2D eigenvalue weighted by Crippen LogP contribution is 2.27. The molecule has 0 unspecified atom stereocenters. The van der Waals surface area contributed by atoms with Crippen LogP contribution in [0.25, 0.3) is 0 Å². The van der Waals surface area contributed by atoms with Crippen molar-refractivity contribution < 1.29 is 9.90 Å². The highest BCUT2D eigenvalue weighted by Gasteiger charge is 2.13. The van der Waals surface area contributed by atoms with Gasteiger partial charge in [0.25, 0.3) is 0 Å². The summed E-state index contributed by atoms with van der Waals surface area (Å²) in [6.07, 6.45) is 4.11. The largest absolute Gasteiger partial charge is 0.481 e. The smallest absolute Gasteiger partial charge is 0.305 e. The van der Waals surface area contributed by atoms with Crippen LogP contribution >= 0.6 is 0 Å². The average molecular weight is 141 g/mol. The second kappa shape index (κ2) is 2.84. The summed E-state index contributed by atoms with van der Waals surface area (Å²) in [5.41, 5.74) is 6.76. The van der Waals surface area contributed by atoms with Gasteiger partial charge in [0.2, 0.25) is 0 Å². The third-order valence-electron chi connectivity index (χ3n) is 1.40. The number of hydrogen-bond donors (Lipinski definition) is 2. The van der Waals surface area contributed by atoms with Crippen molar-refractivity contribution in [1.29, 1.82) is 0 Å². The van der Waals surface area contributed by atoms with Crippen LogP contribution in [-0.4, -0.2) is 17.1 Å². The van der Waals surface area contributed by atoms with Crippen LogP contribution in [-0.2, 0) is 4.79 Å². The van der Waals surface area contributed by atoms with Crippen LogP contribution in [0.3, 0.4) is 0 Å². The third kappa shape index (κ3) is 2.64. The maximum atomic E-state index is 10.1. The molecule has 3 nitrogen and oxygen atoms in total. The number of carboxylic acids is 1. The summed E-state index contributed by atoms with van der Waals surface area (Å²) in [4.78, 5) is 10.1. The van der Waals surface area contributed by atoms with Gasteiger partial charge in [0, 0.05) is 6.04 Å². The number of nitrogens with two attached hydrogens (primary N) is 1. The molecule has 1 rings (SSSR count). The fourth-order valence-electron chi connectivity index (χ4n) is 0.802. The van der Waals surface area contributed by atoms with Gasteiger partial charge >= 0.3 is 5.97 Å². The standard InChI is InChI=1S/C7H11NO2/c8-6(4-7(9)10)3-5-1-2-5/h3,6H,1-2,4,8H2,(H,9,10)/t6-/m1/s1. The summed E-state index contributed by atoms with van der Waals surface area (Å²) >= 11 is 0. The Bertz CT molecular complexity index is 168. The second-order valence-corrected chi connectivity index (χ2v) is 2.59. The molecular weight excluding hydrogens is 130 g/mol. The average Bonchev–Trinajstić information content (AvgIpc) is 2.46. The highest BCUT2D eigenvalue weighted by atomic mass is 16.4. The topological polar surface area (TPSA) is 63.3 Å². The van der Waals surface area contributed by atoms with E-state index in [4.69, 9.17) is 10.8 Å². The maximum Gasteiger partial charge on any atom is 0.305 e. The molecule has 1 saturated carbocycles. The van der Waals surface area contributed by atoms with Crippen molar-refractivity contribution in [3.05, 3.63) is 11.6 Å². The van der Waals surface area contributed by atoms with Crippen molar-refractivity contribution in [2.75, 3.05) is 0 Å². The van der Waals surface area contributed by atoms with E-state index in [1.807, 2.05) is 6.08 Å². The zero-order valence-corrected chi connectivity index (χ0v) is 5.71. The number of allylic oxidation sites excluding steroid dienone is 1. The van der Waals surface area contributed by atoms with Crippen LogP contribution in [0, 0.1) is 0 Å². The zero-order valence-electron chi connectivity index (χ0n) is 5.71. The van der Waals surface area contributed by atoms with Crippen molar-refractivity contribution in [3.8, 4) is 0 Å². The Morgan fingerprint density at radius 1 is 1.80 bits per heavy atom. The van der Waals surface area contributed by atoms with Gasteiger partial charge in [-0.3, -0.25) is 4.79 Å². The van der Waals surface area contributed by atoms with Crippen LogP contribution in [0.1, 0.15) is 19.3 Å². The Labute approximate surface area is 59.5 Å². The minimum atomic E-state index is -0.829. The maximum absolute atomic E-state index is 10.1. The molecule has 1 aliphatic rings. The van der Waals surface area contributed by atoms with E-state index in [9.17, 15) is 4.79 Å². The molecule has 0 spiro atoms. The number of carbonyl (C=O) groups is 1. The monoisotopic (exact) mass is 141 g/mol. The van der Waals surface area contributed by atoms with Crippen molar-refractivity contribution >= 4 is 5.97 Å². The SMILES string of the molecule is N[C@H](C=C1CC1)CC(=O)O. The minimum Gasteiger partial charge on any atom is -0.481 e. The lowest BCUT2D eigenvalue weighted by molar-refractivity contribution is -0.137. The molecule has 0 aromatic rings. The van der Waals surface area contributed by atoms with Crippen LogP contribution in [0.4, 0.5) is 0 Å². The molecule has 3 N–H and O–H groups in total. The lowest BCUT2D eigenvalue weighted by Gasteiger charge is -1.99. The summed E-state index contributed by atoms with van der Waals surface area (Å²) in [5, 5.41) is 8.31. The van der Waals surface area contributed by atoms with Gasteiger partial charge in [-0.2, -0.15) is 0 Å². The van der Waals surface area contributed by atoms with E-state index in [1.165, 1.54) is 5.57 Å². The van der Waals surface area contributed by atoms with Crippen molar-refractivity contribution in [1.82, 2.24) is 0 Å². The van der Waals surface area contributed by atoms with Crippen LogP contribution in [0.2, 0.25) is 0 Å². The molecule has 0 amide bonds. The normalized spacial score (nSPS) is 18.3. The van der Waals surface area contributed by atoms with Crippen molar-refractivity contribution in [2.24, 2.45) is 5.73 Å². The predicted molar refractivity (Wildman–Crippen MR) is 37.5 cm³/mol. The molecule has 1 atom stereocenters. The Kier molecular flexibility index (Phi) is 2.06. The van der Waals surface area contributed by atoms with E-state index in [-0.39, 0.29) is 12.5 Å². The van der Waals surface area contributed by atoms with Crippen molar-refractivity contribution in [2.45, 2.75) is 25.3 Å². The predicted octanol–water partition coefficient (Wildman–Crippen LogP) is 0.509. The van der Waals surface area contributed by atoms with Gasteiger partial charge < -0.3 is 10.8 Å². The summed E-state index contributed by atoms with van der Waals surface area (Å²) in [6, 6.07) is -0.282. The fraction of sp³-hybridized carbons (Fsp3) is 0.571. The summed E-state index contributed by atoms with van der Waals surface area (Å²) in [7, 11) is 0. The minimum absolute atomic E-state index is 0.0451. The first kappa shape index (κ1) is 7.28. The summed E-state index contributed by atoms with van der Waals surface area (Å²) < 4.78 is 0. The third-order valence-corrected chi connectivity index (χ3v) is 1.40. The Morgan fingerprint density at radius 2 is 2.40 bits per heavy atom. The molecule has 0 aromatic heterocycles. The van der Waals surface area contributed by atoms with E-state index in [0.717, 1.165) is 12.8 Å². The molecule has 10 heavy (non-hydrogen) atoms. The zero-order chi connectivity index (χ0) is 7.56. The quantitative estimate of drug-likeness (QED) is 0.563. The van der Waals surface area contributed by atoms with Gasteiger partial charge in [-0.05, 0) is 12.8 Å². The van der Waals surface area contributed by atoms with E-state index in [1.54, 1.807) is 0 Å². The first-order valence-electron chi connectivity index (χ1n) is 3.35. The first-order valence-corrected chi connectivity index (χ1v) is 3.35. The molecule has 0 bridgehead atoms. The van der Waals surface area contributed by atoms with Gasteiger partial charge in [0.1, 0.15) is 0 Å². The second-order valence-electron chi connectivity index (χ2n) is 2.59. The first-order chi connectivity index (χ1) is 4.68. The molecule has 0 aliphatic heterocycles. The highest BCUT2D eigenvalue weighted by molar-refractivity contribution is 5.67. The summed E-state index contributed by atoms with van der Waals surface area (Å²) in [6.45, 7) is 0. The Balaban J connectivity index is 2.27. The molecule has 1 aliphatic carbocycles. The summed E-state index contributed by atoms with van der Waals surface area (Å²) in [5.74, 6) is -0.829. The molecule has 0 saturated heterocycles. The molecule has 1 fully saturated rings. The fourth-order valence-corrected chi connectivity index (χ4v) is 0.802. The molecule has 0 heterocycles.